The van der Waals surface area contributed by atoms with Crippen LogP contribution < -0.4 is 0 Å². The molecule has 106 valence electrons. The molecular formula is C18H18N2O. The fourth-order valence-electron chi connectivity index (χ4n) is 2.33. The Kier molecular flexibility index (Phi) is 3.82. The van der Waals surface area contributed by atoms with Gasteiger partial charge in [-0.3, -0.25) is 0 Å². The maximum atomic E-state index is 5.48. The molecule has 3 rings (SSSR count). The van der Waals surface area contributed by atoms with Gasteiger partial charge < -0.3 is 4.42 Å². The monoisotopic (exact) mass is 278 g/mol. The van der Waals surface area contributed by atoms with Crippen LogP contribution in [0.2, 0.25) is 0 Å². The highest BCUT2D eigenvalue weighted by Crippen LogP contribution is 2.32. The second-order valence-electron chi connectivity index (χ2n) is 5.17. The van der Waals surface area contributed by atoms with Crippen LogP contribution in [0.4, 0.5) is 0 Å². The lowest BCUT2D eigenvalue weighted by Gasteiger charge is -2.12. The molecule has 21 heavy (non-hydrogen) atoms. The SMILES string of the molecule is CCC(C)c1ccc(-c2ccccc2)c(-c2cnco2)n1. The minimum Gasteiger partial charge on any atom is -0.442 e. The maximum Gasteiger partial charge on any atom is 0.181 e. The number of nitrogens with zero attached hydrogens (tertiary/aromatic N) is 2. The van der Waals surface area contributed by atoms with E-state index >= 15 is 0 Å². The second-order valence-corrected chi connectivity index (χ2v) is 5.17. The average Bonchev–Trinajstić information content (AvgIpc) is 3.09. The second kappa shape index (κ2) is 5.92. The van der Waals surface area contributed by atoms with Crippen LogP contribution in [0.15, 0.2) is 59.5 Å². The zero-order valence-corrected chi connectivity index (χ0v) is 12.3. The third kappa shape index (κ3) is 2.72. The fraction of sp³-hybridized carbons (Fsp3) is 0.222. The Bertz CT molecular complexity index is 705. The highest BCUT2D eigenvalue weighted by molar-refractivity contribution is 5.78. The van der Waals surface area contributed by atoms with Crippen LogP contribution in [0, 0.1) is 0 Å². The Labute approximate surface area is 124 Å². The van der Waals surface area contributed by atoms with E-state index in [2.05, 4.69) is 43.1 Å². The highest BCUT2D eigenvalue weighted by Gasteiger charge is 2.15. The third-order valence-electron chi connectivity index (χ3n) is 3.78. The number of hydrogen-bond donors (Lipinski definition) is 0. The molecule has 1 unspecified atom stereocenters. The molecular weight excluding hydrogens is 260 g/mol. The zero-order chi connectivity index (χ0) is 14.7. The number of benzene rings is 1. The Morgan fingerprint density at radius 3 is 2.57 bits per heavy atom. The summed E-state index contributed by atoms with van der Waals surface area (Å²) in [6.07, 6.45) is 4.23. The summed E-state index contributed by atoms with van der Waals surface area (Å²) in [5.74, 6) is 1.13. The summed E-state index contributed by atoms with van der Waals surface area (Å²) in [4.78, 5) is 8.85. The van der Waals surface area contributed by atoms with E-state index in [1.807, 2.05) is 18.2 Å². The quantitative estimate of drug-likeness (QED) is 0.680. The zero-order valence-electron chi connectivity index (χ0n) is 12.3. The van der Waals surface area contributed by atoms with Gasteiger partial charge in [0.2, 0.25) is 0 Å². The molecule has 0 amide bonds. The van der Waals surface area contributed by atoms with Gasteiger partial charge in [-0.2, -0.15) is 0 Å². The molecule has 0 aliphatic carbocycles. The Balaban J connectivity index is 2.16. The minimum absolute atomic E-state index is 0.427. The molecule has 0 spiro atoms. The molecule has 0 aliphatic heterocycles. The van der Waals surface area contributed by atoms with E-state index < -0.39 is 0 Å². The van der Waals surface area contributed by atoms with Crippen molar-refractivity contribution in [2.45, 2.75) is 26.2 Å². The number of pyridine rings is 1. The molecule has 2 aromatic heterocycles. The first kappa shape index (κ1) is 13.6. The van der Waals surface area contributed by atoms with Crippen LogP contribution >= 0.6 is 0 Å². The van der Waals surface area contributed by atoms with Gasteiger partial charge in [-0.25, -0.2) is 9.97 Å². The molecule has 0 saturated carbocycles. The summed E-state index contributed by atoms with van der Waals surface area (Å²) in [5.41, 5.74) is 4.14. The number of aromatic nitrogens is 2. The largest absolute Gasteiger partial charge is 0.442 e. The van der Waals surface area contributed by atoms with Gasteiger partial charge in [0.25, 0.3) is 0 Å². The van der Waals surface area contributed by atoms with E-state index in [-0.39, 0.29) is 0 Å². The smallest absolute Gasteiger partial charge is 0.181 e. The van der Waals surface area contributed by atoms with Gasteiger partial charge in [-0.1, -0.05) is 50.2 Å². The van der Waals surface area contributed by atoms with Gasteiger partial charge in [-0.05, 0) is 24.0 Å². The Morgan fingerprint density at radius 2 is 1.90 bits per heavy atom. The van der Waals surface area contributed by atoms with Crippen LogP contribution in [-0.4, -0.2) is 9.97 Å². The first-order valence-electron chi connectivity index (χ1n) is 7.24. The molecule has 3 nitrogen and oxygen atoms in total. The average molecular weight is 278 g/mol. The molecule has 0 radical (unpaired) electrons. The predicted octanol–water partition coefficient (Wildman–Crippen LogP) is 4.92. The summed E-state index contributed by atoms with van der Waals surface area (Å²) in [6, 6.07) is 14.5. The van der Waals surface area contributed by atoms with Crippen molar-refractivity contribution in [3.63, 3.8) is 0 Å². The van der Waals surface area contributed by atoms with E-state index in [9.17, 15) is 0 Å². The molecule has 0 fully saturated rings. The highest BCUT2D eigenvalue weighted by atomic mass is 16.3. The Hall–Kier alpha value is -2.42. The van der Waals surface area contributed by atoms with Crippen LogP contribution in [0.25, 0.3) is 22.6 Å². The number of hydrogen-bond acceptors (Lipinski definition) is 3. The van der Waals surface area contributed by atoms with Crippen molar-refractivity contribution < 1.29 is 4.42 Å². The number of oxazole rings is 1. The van der Waals surface area contributed by atoms with Crippen molar-refractivity contribution >= 4 is 0 Å². The summed E-state index contributed by atoms with van der Waals surface area (Å²) in [7, 11) is 0. The van der Waals surface area contributed by atoms with Gasteiger partial charge in [0, 0.05) is 11.3 Å². The summed E-state index contributed by atoms with van der Waals surface area (Å²) < 4.78 is 5.48. The van der Waals surface area contributed by atoms with Crippen molar-refractivity contribution in [2.75, 3.05) is 0 Å². The number of rotatable bonds is 4. The first-order valence-corrected chi connectivity index (χ1v) is 7.24. The molecule has 0 aliphatic rings. The van der Waals surface area contributed by atoms with E-state index in [1.165, 1.54) is 6.39 Å². The molecule has 0 saturated heterocycles. The first-order chi connectivity index (χ1) is 10.3. The third-order valence-corrected chi connectivity index (χ3v) is 3.78. The predicted molar refractivity (Wildman–Crippen MR) is 83.9 cm³/mol. The maximum absolute atomic E-state index is 5.48. The normalized spacial score (nSPS) is 12.3. The van der Waals surface area contributed by atoms with Crippen molar-refractivity contribution in [1.29, 1.82) is 0 Å². The molecule has 2 heterocycles. The van der Waals surface area contributed by atoms with Gasteiger partial charge in [-0.15, -0.1) is 0 Å². The van der Waals surface area contributed by atoms with Gasteiger partial charge in [0.05, 0.1) is 6.20 Å². The lowest BCUT2D eigenvalue weighted by atomic mass is 9.98. The topological polar surface area (TPSA) is 38.9 Å². The van der Waals surface area contributed by atoms with Crippen LogP contribution in [0.1, 0.15) is 31.9 Å². The summed E-state index contributed by atoms with van der Waals surface area (Å²) in [6.45, 7) is 4.36. The van der Waals surface area contributed by atoms with Crippen molar-refractivity contribution in [3.8, 4) is 22.6 Å². The van der Waals surface area contributed by atoms with Gasteiger partial charge >= 0.3 is 0 Å². The summed E-state index contributed by atoms with van der Waals surface area (Å²) >= 11 is 0. The van der Waals surface area contributed by atoms with Crippen molar-refractivity contribution in [2.24, 2.45) is 0 Å². The molecule has 1 atom stereocenters. The van der Waals surface area contributed by atoms with Crippen molar-refractivity contribution in [3.05, 3.63) is 60.7 Å². The standard InChI is InChI=1S/C18H18N2O/c1-3-13(2)16-10-9-15(14-7-5-4-6-8-14)18(20-16)17-11-19-12-21-17/h4-13H,3H2,1-2H3. The molecule has 0 N–H and O–H groups in total. The summed E-state index contributed by atoms with van der Waals surface area (Å²) in [5, 5.41) is 0. The Morgan fingerprint density at radius 1 is 1.10 bits per heavy atom. The van der Waals surface area contributed by atoms with Gasteiger partial charge in [0.1, 0.15) is 5.69 Å². The van der Waals surface area contributed by atoms with Crippen molar-refractivity contribution in [1.82, 2.24) is 9.97 Å². The van der Waals surface area contributed by atoms with Crippen LogP contribution in [0.5, 0.6) is 0 Å². The van der Waals surface area contributed by atoms with Gasteiger partial charge in [0.15, 0.2) is 12.2 Å². The van der Waals surface area contributed by atoms with E-state index in [4.69, 9.17) is 9.40 Å². The van der Waals surface area contributed by atoms with E-state index in [0.29, 0.717) is 11.7 Å². The molecule has 3 heteroatoms. The molecule has 0 bridgehead atoms. The molecule has 1 aromatic carbocycles. The van der Waals surface area contributed by atoms with E-state index in [0.717, 1.165) is 28.9 Å². The van der Waals surface area contributed by atoms with Crippen LogP contribution in [0.3, 0.4) is 0 Å². The lowest BCUT2D eigenvalue weighted by Crippen LogP contribution is -1.98. The molecule has 3 aromatic rings. The minimum atomic E-state index is 0.427. The van der Waals surface area contributed by atoms with Crippen LogP contribution in [-0.2, 0) is 0 Å². The van der Waals surface area contributed by atoms with E-state index in [1.54, 1.807) is 6.20 Å². The fourth-order valence-corrected chi connectivity index (χ4v) is 2.33. The lowest BCUT2D eigenvalue weighted by molar-refractivity contribution is 0.569.